The number of hydrogen-bond acceptors (Lipinski definition) is 2. The Morgan fingerprint density at radius 3 is 2.42 bits per heavy atom. The molecule has 1 saturated heterocycles. The molecule has 0 radical (unpaired) electrons. The van der Waals surface area contributed by atoms with Crippen molar-refractivity contribution in [2.24, 2.45) is 17.3 Å². The van der Waals surface area contributed by atoms with Crippen molar-refractivity contribution in [3.05, 3.63) is 0 Å². The molecular weight excluding hydrogens is 232 g/mol. The van der Waals surface area contributed by atoms with Crippen LogP contribution in [0, 0.1) is 17.3 Å². The maximum Gasteiger partial charge on any atom is 0.0244 e. The Balaban J connectivity index is 1.71. The number of rotatable bonds is 3. The predicted octanol–water partition coefficient (Wildman–Crippen LogP) is 3.52. The van der Waals surface area contributed by atoms with Gasteiger partial charge in [-0.05, 0) is 30.2 Å². The second kappa shape index (κ2) is 6.58. The maximum absolute atomic E-state index is 3.69. The summed E-state index contributed by atoms with van der Waals surface area (Å²) in [6.07, 6.45) is 7.34. The number of piperazine rings is 1. The Hall–Kier alpha value is -0.0800. The number of nitrogens with zero attached hydrogens (tertiary/aromatic N) is 1. The van der Waals surface area contributed by atoms with E-state index in [4.69, 9.17) is 0 Å². The second-order valence-electron chi connectivity index (χ2n) is 8.09. The lowest BCUT2D eigenvalue weighted by Gasteiger charge is -2.41. The average Bonchev–Trinajstić information content (AvgIpc) is 2.37. The van der Waals surface area contributed by atoms with E-state index in [0.29, 0.717) is 11.5 Å². The lowest BCUT2D eigenvalue weighted by molar-refractivity contribution is 0.124. The first-order chi connectivity index (χ1) is 8.95. The van der Waals surface area contributed by atoms with Crippen molar-refractivity contribution < 1.29 is 0 Å². The summed E-state index contributed by atoms with van der Waals surface area (Å²) in [7, 11) is 0. The Bertz CT molecular complexity index is 261. The summed E-state index contributed by atoms with van der Waals surface area (Å²) in [5.74, 6) is 2.00. The van der Waals surface area contributed by atoms with Gasteiger partial charge in [0, 0.05) is 25.7 Å². The van der Waals surface area contributed by atoms with E-state index in [0.717, 1.165) is 11.8 Å². The minimum absolute atomic E-state index is 0.388. The normalized spacial score (nSPS) is 34.4. The fourth-order valence-electron chi connectivity index (χ4n) is 3.58. The van der Waals surface area contributed by atoms with Gasteiger partial charge in [0.05, 0.1) is 0 Å². The highest BCUT2D eigenvalue weighted by atomic mass is 15.2. The van der Waals surface area contributed by atoms with E-state index in [1.807, 2.05) is 0 Å². The van der Waals surface area contributed by atoms with Gasteiger partial charge in [-0.3, -0.25) is 0 Å². The standard InChI is InChI=1S/C17H34N2/c1-14-5-7-15(8-6-14)9-11-19-12-10-18-16(13-19)17(2,3)4/h14-16,18H,5-13H2,1-4H3. The lowest BCUT2D eigenvalue weighted by atomic mass is 9.81. The minimum atomic E-state index is 0.388. The number of nitrogens with one attached hydrogen (secondary N) is 1. The van der Waals surface area contributed by atoms with Gasteiger partial charge in [0.2, 0.25) is 0 Å². The van der Waals surface area contributed by atoms with Crippen LogP contribution < -0.4 is 5.32 Å². The fourth-order valence-corrected chi connectivity index (χ4v) is 3.58. The third-order valence-electron chi connectivity index (χ3n) is 5.29. The summed E-state index contributed by atoms with van der Waals surface area (Å²) < 4.78 is 0. The van der Waals surface area contributed by atoms with Crippen LogP contribution >= 0.6 is 0 Å². The van der Waals surface area contributed by atoms with Gasteiger partial charge < -0.3 is 10.2 Å². The quantitative estimate of drug-likeness (QED) is 0.841. The first-order valence-electron chi connectivity index (χ1n) is 8.41. The molecule has 1 atom stereocenters. The van der Waals surface area contributed by atoms with Crippen LogP contribution in [0.3, 0.4) is 0 Å². The molecule has 0 bridgehead atoms. The highest BCUT2D eigenvalue weighted by Gasteiger charge is 2.29. The summed E-state index contributed by atoms with van der Waals surface area (Å²) in [6.45, 7) is 14.5. The van der Waals surface area contributed by atoms with E-state index in [1.165, 1.54) is 58.3 Å². The number of hydrogen-bond donors (Lipinski definition) is 1. The van der Waals surface area contributed by atoms with E-state index in [2.05, 4.69) is 37.9 Å². The van der Waals surface area contributed by atoms with Crippen LogP contribution in [0.4, 0.5) is 0 Å². The van der Waals surface area contributed by atoms with Gasteiger partial charge in [0.15, 0.2) is 0 Å². The van der Waals surface area contributed by atoms with Gasteiger partial charge in [-0.1, -0.05) is 53.4 Å². The smallest absolute Gasteiger partial charge is 0.0244 e. The molecule has 1 saturated carbocycles. The predicted molar refractivity (Wildman–Crippen MR) is 83.4 cm³/mol. The van der Waals surface area contributed by atoms with Crippen LogP contribution in [0.5, 0.6) is 0 Å². The van der Waals surface area contributed by atoms with Crippen molar-refractivity contribution >= 4 is 0 Å². The van der Waals surface area contributed by atoms with Crippen molar-refractivity contribution in [1.29, 1.82) is 0 Å². The van der Waals surface area contributed by atoms with Crippen molar-refractivity contribution in [3.63, 3.8) is 0 Å². The first kappa shape index (κ1) is 15.3. The summed E-state index contributed by atoms with van der Waals surface area (Å²) in [6, 6.07) is 0.660. The largest absolute Gasteiger partial charge is 0.311 e. The SMILES string of the molecule is CC1CCC(CCN2CCNC(C(C)(C)C)C2)CC1. The van der Waals surface area contributed by atoms with Crippen molar-refractivity contribution in [3.8, 4) is 0 Å². The van der Waals surface area contributed by atoms with Crippen LogP contribution in [0.1, 0.15) is 59.8 Å². The second-order valence-corrected chi connectivity index (χ2v) is 8.09. The molecule has 19 heavy (non-hydrogen) atoms. The molecular formula is C17H34N2. The van der Waals surface area contributed by atoms with Gasteiger partial charge in [-0.25, -0.2) is 0 Å². The highest BCUT2D eigenvalue weighted by molar-refractivity contribution is 4.87. The zero-order valence-corrected chi connectivity index (χ0v) is 13.5. The molecule has 1 aliphatic heterocycles. The average molecular weight is 266 g/mol. The summed E-state index contributed by atoms with van der Waals surface area (Å²) >= 11 is 0. The van der Waals surface area contributed by atoms with E-state index < -0.39 is 0 Å². The molecule has 0 aromatic carbocycles. The zero-order chi connectivity index (χ0) is 13.9. The Kier molecular flexibility index (Phi) is 5.30. The molecule has 1 N–H and O–H groups in total. The monoisotopic (exact) mass is 266 g/mol. The molecule has 1 unspecified atom stereocenters. The Morgan fingerprint density at radius 1 is 1.11 bits per heavy atom. The van der Waals surface area contributed by atoms with Crippen LogP contribution in [0.25, 0.3) is 0 Å². The van der Waals surface area contributed by atoms with Gasteiger partial charge in [-0.2, -0.15) is 0 Å². The molecule has 2 fully saturated rings. The molecule has 2 aliphatic rings. The summed E-state index contributed by atoms with van der Waals surface area (Å²) in [5.41, 5.74) is 0.388. The third kappa shape index (κ3) is 4.75. The van der Waals surface area contributed by atoms with Crippen LogP contribution in [0.2, 0.25) is 0 Å². The molecule has 1 aliphatic carbocycles. The molecule has 1 heterocycles. The zero-order valence-electron chi connectivity index (χ0n) is 13.5. The maximum atomic E-state index is 3.69. The van der Waals surface area contributed by atoms with Crippen molar-refractivity contribution in [2.45, 2.75) is 65.8 Å². The van der Waals surface area contributed by atoms with Crippen LogP contribution in [-0.2, 0) is 0 Å². The van der Waals surface area contributed by atoms with E-state index in [1.54, 1.807) is 0 Å². The Morgan fingerprint density at radius 2 is 1.79 bits per heavy atom. The van der Waals surface area contributed by atoms with Crippen molar-refractivity contribution in [2.75, 3.05) is 26.2 Å². The topological polar surface area (TPSA) is 15.3 Å². The Labute approximate surface area is 120 Å². The summed E-state index contributed by atoms with van der Waals surface area (Å²) in [5, 5.41) is 3.69. The van der Waals surface area contributed by atoms with Gasteiger partial charge in [0.25, 0.3) is 0 Å². The fraction of sp³-hybridized carbons (Fsp3) is 1.00. The molecule has 2 rings (SSSR count). The van der Waals surface area contributed by atoms with E-state index in [-0.39, 0.29) is 0 Å². The van der Waals surface area contributed by atoms with Crippen LogP contribution in [0.15, 0.2) is 0 Å². The van der Waals surface area contributed by atoms with E-state index >= 15 is 0 Å². The minimum Gasteiger partial charge on any atom is -0.311 e. The molecule has 2 heteroatoms. The molecule has 0 aromatic rings. The highest BCUT2D eigenvalue weighted by Crippen LogP contribution is 2.30. The molecule has 0 spiro atoms. The van der Waals surface area contributed by atoms with E-state index in [9.17, 15) is 0 Å². The van der Waals surface area contributed by atoms with Crippen molar-refractivity contribution in [1.82, 2.24) is 10.2 Å². The molecule has 0 amide bonds. The molecule has 0 aromatic heterocycles. The first-order valence-corrected chi connectivity index (χ1v) is 8.41. The third-order valence-corrected chi connectivity index (χ3v) is 5.29. The summed E-state index contributed by atoms with van der Waals surface area (Å²) in [4.78, 5) is 2.70. The van der Waals surface area contributed by atoms with Crippen LogP contribution in [-0.4, -0.2) is 37.1 Å². The molecule has 2 nitrogen and oxygen atoms in total. The van der Waals surface area contributed by atoms with Gasteiger partial charge in [-0.15, -0.1) is 0 Å². The van der Waals surface area contributed by atoms with Gasteiger partial charge in [0.1, 0.15) is 0 Å². The molecule has 112 valence electrons. The lowest BCUT2D eigenvalue weighted by Crippen LogP contribution is -2.56. The van der Waals surface area contributed by atoms with Gasteiger partial charge >= 0.3 is 0 Å².